The number of halogens is 2. The highest BCUT2D eigenvalue weighted by atomic mass is 35.5. The molecule has 0 amide bonds. The van der Waals surface area contributed by atoms with E-state index in [0.717, 1.165) is 11.5 Å². The van der Waals surface area contributed by atoms with Crippen molar-refractivity contribution < 1.29 is 4.39 Å². The van der Waals surface area contributed by atoms with Gasteiger partial charge in [0.25, 0.3) is 0 Å². The zero-order chi connectivity index (χ0) is 16.8. The number of hydrogen-bond donors (Lipinski definition) is 1. The molecule has 0 radical (unpaired) electrons. The van der Waals surface area contributed by atoms with Crippen LogP contribution in [0.5, 0.6) is 0 Å². The van der Waals surface area contributed by atoms with Gasteiger partial charge in [0, 0.05) is 56.6 Å². The van der Waals surface area contributed by atoms with Gasteiger partial charge >= 0.3 is 0 Å². The van der Waals surface area contributed by atoms with Crippen molar-refractivity contribution in [2.24, 2.45) is 12.0 Å². The first-order valence-corrected chi connectivity index (χ1v) is 7.71. The second-order valence-electron chi connectivity index (χ2n) is 5.30. The molecule has 23 heavy (non-hydrogen) atoms. The summed E-state index contributed by atoms with van der Waals surface area (Å²) in [7, 11) is 5.55. The molecule has 0 unspecified atom stereocenters. The summed E-state index contributed by atoms with van der Waals surface area (Å²) in [6.45, 7) is 1.23. The Morgan fingerprint density at radius 2 is 2.26 bits per heavy atom. The van der Waals surface area contributed by atoms with Crippen molar-refractivity contribution in [2.45, 2.75) is 13.0 Å². The molecule has 2 aromatic rings. The lowest BCUT2D eigenvalue weighted by Crippen LogP contribution is -2.39. The Hall–Kier alpha value is -2.08. The molecule has 5 nitrogen and oxygen atoms in total. The number of nitrogens with zero attached hydrogens (tertiary/aromatic N) is 4. The van der Waals surface area contributed by atoms with Crippen LogP contribution in [0, 0.1) is 5.82 Å². The fraction of sp³-hybridized carbons (Fsp3) is 0.375. The van der Waals surface area contributed by atoms with Crippen molar-refractivity contribution in [1.29, 1.82) is 0 Å². The SMILES string of the molecule is CN=C(NCCc1c(F)cccc1Cl)N(C)Cc1cnn(C)c1. The maximum Gasteiger partial charge on any atom is 0.193 e. The van der Waals surface area contributed by atoms with Crippen molar-refractivity contribution in [2.75, 3.05) is 20.6 Å². The molecular formula is C16H21ClFN5. The third kappa shape index (κ3) is 4.69. The molecule has 0 saturated carbocycles. The van der Waals surface area contributed by atoms with Crippen LogP contribution in [-0.4, -0.2) is 41.3 Å². The summed E-state index contributed by atoms with van der Waals surface area (Å²) >= 11 is 6.03. The van der Waals surface area contributed by atoms with Crippen LogP contribution in [0.4, 0.5) is 4.39 Å². The van der Waals surface area contributed by atoms with E-state index in [9.17, 15) is 4.39 Å². The molecule has 1 aromatic heterocycles. The number of aliphatic imine (C=N–C) groups is 1. The molecule has 0 aliphatic heterocycles. The zero-order valence-corrected chi connectivity index (χ0v) is 14.3. The summed E-state index contributed by atoms with van der Waals surface area (Å²) in [5.74, 6) is 0.458. The third-order valence-electron chi connectivity index (χ3n) is 3.47. The van der Waals surface area contributed by atoms with Crippen LogP contribution in [0.15, 0.2) is 35.6 Å². The summed E-state index contributed by atoms with van der Waals surface area (Å²) in [5.41, 5.74) is 1.61. The lowest BCUT2D eigenvalue weighted by molar-refractivity contribution is 0.476. The molecule has 2 rings (SSSR count). The van der Waals surface area contributed by atoms with Crippen molar-refractivity contribution in [3.8, 4) is 0 Å². The standard InChI is InChI=1S/C16H21ClFN5/c1-19-16(22(2)10-12-9-21-23(3)11-12)20-8-7-13-14(17)5-4-6-15(13)18/h4-6,9,11H,7-8,10H2,1-3H3,(H,19,20). The first kappa shape index (κ1) is 17.3. The monoisotopic (exact) mass is 337 g/mol. The predicted octanol–water partition coefficient (Wildman–Crippen LogP) is 2.46. The predicted molar refractivity (Wildman–Crippen MR) is 91.2 cm³/mol. The Labute approximate surface area is 140 Å². The summed E-state index contributed by atoms with van der Waals surface area (Å²) in [6, 6.07) is 4.73. The molecule has 0 aliphatic carbocycles. The molecule has 0 bridgehead atoms. The molecule has 0 spiro atoms. The van der Waals surface area contributed by atoms with Gasteiger partial charge in [-0.1, -0.05) is 17.7 Å². The van der Waals surface area contributed by atoms with Crippen LogP contribution >= 0.6 is 11.6 Å². The van der Waals surface area contributed by atoms with Gasteiger partial charge in [-0.15, -0.1) is 0 Å². The van der Waals surface area contributed by atoms with E-state index >= 15 is 0 Å². The van der Waals surface area contributed by atoms with Crippen molar-refractivity contribution in [3.05, 3.63) is 52.6 Å². The summed E-state index contributed by atoms with van der Waals surface area (Å²) in [6.07, 6.45) is 4.27. The van der Waals surface area contributed by atoms with Gasteiger partial charge in [0.05, 0.1) is 6.20 Å². The molecular weight excluding hydrogens is 317 g/mol. The molecule has 124 valence electrons. The Balaban J connectivity index is 1.90. The lowest BCUT2D eigenvalue weighted by Gasteiger charge is -2.21. The highest BCUT2D eigenvalue weighted by Crippen LogP contribution is 2.18. The van der Waals surface area contributed by atoms with Gasteiger partial charge < -0.3 is 10.2 Å². The normalized spacial score (nSPS) is 11.6. The zero-order valence-electron chi connectivity index (χ0n) is 13.6. The van der Waals surface area contributed by atoms with Gasteiger partial charge in [-0.05, 0) is 18.6 Å². The van der Waals surface area contributed by atoms with Crippen LogP contribution in [0.3, 0.4) is 0 Å². The fourth-order valence-electron chi connectivity index (χ4n) is 2.36. The maximum absolute atomic E-state index is 13.7. The Bertz CT molecular complexity index is 663. The number of aromatic nitrogens is 2. The van der Waals surface area contributed by atoms with Gasteiger partial charge in [-0.2, -0.15) is 5.10 Å². The van der Waals surface area contributed by atoms with E-state index in [-0.39, 0.29) is 5.82 Å². The topological polar surface area (TPSA) is 45.5 Å². The molecule has 0 aliphatic rings. The molecule has 7 heteroatoms. The highest BCUT2D eigenvalue weighted by molar-refractivity contribution is 6.31. The number of hydrogen-bond acceptors (Lipinski definition) is 2. The van der Waals surface area contributed by atoms with Gasteiger partial charge in [0.15, 0.2) is 5.96 Å². The van der Waals surface area contributed by atoms with Crippen molar-refractivity contribution in [3.63, 3.8) is 0 Å². The van der Waals surface area contributed by atoms with E-state index < -0.39 is 0 Å². The van der Waals surface area contributed by atoms with Crippen LogP contribution in [0.25, 0.3) is 0 Å². The van der Waals surface area contributed by atoms with Gasteiger partial charge in [0.2, 0.25) is 0 Å². The van der Waals surface area contributed by atoms with Crippen LogP contribution in [0.2, 0.25) is 5.02 Å². The third-order valence-corrected chi connectivity index (χ3v) is 3.83. The minimum Gasteiger partial charge on any atom is -0.356 e. The average molecular weight is 338 g/mol. The number of guanidine groups is 1. The first-order chi connectivity index (χ1) is 11.0. The smallest absolute Gasteiger partial charge is 0.193 e. The van der Waals surface area contributed by atoms with Gasteiger partial charge in [-0.3, -0.25) is 9.67 Å². The molecule has 0 fully saturated rings. The van der Waals surface area contributed by atoms with Crippen molar-refractivity contribution >= 4 is 17.6 Å². The number of rotatable bonds is 5. The van der Waals surface area contributed by atoms with Crippen LogP contribution < -0.4 is 5.32 Å². The minimum absolute atomic E-state index is 0.280. The van der Waals surface area contributed by atoms with E-state index in [1.54, 1.807) is 23.9 Å². The molecule has 0 atom stereocenters. The highest BCUT2D eigenvalue weighted by Gasteiger charge is 2.10. The van der Waals surface area contributed by atoms with E-state index in [0.29, 0.717) is 30.1 Å². The number of nitrogens with one attached hydrogen (secondary N) is 1. The van der Waals surface area contributed by atoms with Crippen LogP contribution in [0.1, 0.15) is 11.1 Å². The Kier molecular flexibility index (Phi) is 5.98. The average Bonchev–Trinajstić information content (AvgIpc) is 2.91. The van der Waals surface area contributed by atoms with E-state index in [2.05, 4.69) is 15.4 Å². The van der Waals surface area contributed by atoms with Gasteiger partial charge in [-0.25, -0.2) is 4.39 Å². The maximum atomic E-state index is 13.7. The molecule has 1 heterocycles. The van der Waals surface area contributed by atoms with E-state index in [1.807, 2.05) is 31.4 Å². The number of aryl methyl sites for hydroxylation is 1. The van der Waals surface area contributed by atoms with E-state index in [4.69, 9.17) is 11.6 Å². The fourth-order valence-corrected chi connectivity index (χ4v) is 2.61. The second-order valence-corrected chi connectivity index (χ2v) is 5.71. The quantitative estimate of drug-likeness (QED) is 0.673. The minimum atomic E-state index is -0.280. The summed E-state index contributed by atoms with van der Waals surface area (Å²) in [4.78, 5) is 6.23. The molecule has 1 N–H and O–H groups in total. The van der Waals surface area contributed by atoms with Gasteiger partial charge in [0.1, 0.15) is 5.82 Å². The molecule has 0 saturated heterocycles. The Morgan fingerprint density at radius 3 is 2.87 bits per heavy atom. The number of benzene rings is 1. The first-order valence-electron chi connectivity index (χ1n) is 7.33. The lowest BCUT2D eigenvalue weighted by atomic mass is 10.1. The van der Waals surface area contributed by atoms with Crippen LogP contribution in [-0.2, 0) is 20.0 Å². The molecule has 1 aromatic carbocycles. The van der Waals surface area contributed by atoms with E-state index in [1.165, 1.54) is 6.07 Å². The summed E-state index contributed by atoms with van der Waals surface area (Å²) in [5, 5.41) is 7.82. The second kappa shape index (κ2) is 7.97. The summed E-state index contributed by atoms with van der Waals surface area (Å²) < 4.78 is 15.5. The van der Waals surface area contributed by atoms with Crippen molar-refractivity contribution in [1.82, 2.24) is 20.0 Å². The Morgan fingerprint density at radius 1 is 1.48 bits per heavy atom. The largest absolute Gasteiger partial charge is 0.356 e.